The molecule has 0 aromatic rings. The summed E-state index contributed by atoms with van der Waals surface area (Å²) in [5, 5.41) is 8.94. The zero-order valence-corrected chi connectivity index (χ0v) is 11.5. The molecule has 0 radical (unpaired) electrons. The van der Waals surface area contributed by atoms with Gasteiger partial charge in [-0.2, -0.15) is 5.26 Å². The van der Waals surface area contributed by atoms with Crippen molar-refractivity contribution in [1.82, 2.24) is 9.80 Å². The lowest BCUT2D eigenvalue weighted by molar-refractivity contribution is -0.136. The number of hydrogen-bond donors (Lipinski definition) is 0. The summed E-state index contributed by atoms with van der Waals surface area (Å²) >= 11 is 0. The Bertz CT molecular complexity index is 327. The van der Waals surface area contributed by atoms with Gasteiger partial charge < -0.3 is 4.90 Å². The van der Waals surface area contributed by atoms with E-state index in [1.54, 1.807) is 4.90 Å². The highest BCUT2D eigenvalue weighted by Crippen LogP contribution is 2.27. The van der Waals surface area contributed by atoms with Gasteiger partial charge in [-0.05, 0) is 34.1 Å². The molecule has 0 aliphatic carbocycles. The van der Waals surface area contributed by atoms with E-state index in [-0.39, 0.29) is 23.9 Å². The monoisotopic (exact) mass is 237 g/mol. The van der Waals surface area contributed by atoms with Crippen LogP contribution in [0.3, 0.4) is 0 Å². The summed E-state index contributed by atoms with van der Waals surface area (Å²) in [5.74, 6) is 0.0748. The maximum Gasteiger partial charge on any atom is 0.240 e. The number of carbonyl (C=O) groups is 1. The van der Waals surface area contributed by atoms with Gasteiger partial charge in [0.05, 0.1) is 12.5 Å². The number of hydrogen-bond acceptors (Lipinski definition) is 3. The van der Waals surface area contributed by atoms with Crippen molar-refractivity contribution in [2.75, 3.05) is 13.6 Å². The Morgan fingerprint density at radius 3 is 2.53 bits per heavy atom. The first kappa shape index (κ1) is 14.0. The first-order valence-corrected chi connectivity index (χ1v) is 6.19. The predicted octanol–water partition coefficient (Wildman–Crippen LogP) is 1.62. The molecule has 96 valence electrons. The van der Waals surface area contributed by atoms with Crippen molar-refractivity contribution < 1.29 is 4.79 Å². The van der Waals surface area contributed by atoms with Crippen LogP contribution in [0.5, 0.6) is 0 Å². The Labute approximate surface area is 104 Å². The summed E-state index contributed by atoms with van der Waals surface area (Å²) < 4.78 is 0. The Morgan fingerprint density at radius 1 is 1.47 bits per heavy atom. The van der Waals surface area contributed by atoms with Gasteiger partial charge in [-0.1, -0.05) is 0 Å². The van der Waals surface area contributed by atoms with Crippen molar-refractivity contribution in [2.45, 2.75) is 58.2 Å². The zero-order valence-electron chi connectivity index (χ0n) is 11.5. The molecule has 0 N–H and O–H groups in total. The van der Waals surface area contributed by atoms with Crippen LogP contribution in [0.4, 0.5) is 0 Å². The third-order valence-corrected chi connectivity index (χ3v) is 3.41. The molecule has 4 heteroatoms. The third kappa shape index (κ3) is 2.98. The van der Waals surface area contributed by atoms with E-state index in [9.17, 15) is 4.79 Å². The third-order valence-electron chi connectivity index (χ3n) is 3.41. The molecule has 1 fully saturated rings. The number of amides is 1. The van der Waals surface area contributed by atoms with Crippen molar-refractivity contribution in [3.63, 3.8) is 0 Å². The van der Waals surface area contributed by atoms with Crippen molar-refractivity contribution in [3.05, 3.63) is 0 Å². The Hall–Kier alpha value is -1.08. The standard InChI is InChI=1S/C13H23N3O/c1-10-7-9-15(5)12(17)11(6-8-14)16(10)13(2,3)4/h10-11H,6-7,9H2,1-5H3. The number of nitriles is 1. The molecule has 1 heterocycles. The normalized spacial score (nSPS) is 27.8. The van der Waals surface area contributed by atoms with Crippen LogP contribution in [0.15, 0.2) is 0 Å². The highest BCUT2D eigenvalue weighted by molar-refractivity contribution is 5.82. The first-order valence-electron chi connectivity index (χ1n) is 6.19. The lowest BCUT2D eigenvalue weighted by Crippen LogP contribution is -2.55. The quantitative estimate of drug-likeness (QED) is 0.696. The van der Waals surface area contributed by atoms with Crippen LogP contribution in [0.25, 0.3) is 0 Å². The summed E-state index contributed by atoms with van der Waals surface area (Å²) in [6.07, 6.45) is 1.23. The second-order valence-electron chi connectivity index (χ2n) is 5.85. The fraction of sp³-hybridized carbons (Fsp3) is 0.846. The van der Waals surface area contributed by atoms with Crippen LogP contribution >= 0.6 is 0 Å². The van der Waals surface area contributed by atoms with Gasteiger partial charge >= 0.3 is 0 Å². The molecule has 0 aromatic heterocycles. The summed E-state index contributed by atoms with van der Waals surface area (Å²) in [6, 6.07) is 2.17. The molecule has 2 unspecified atom stereocenters. The molecule has 1 aliphatic heterocycles. The average molecular weight is 237 g/mol. The van der Waals surface area contributed by atoms with Gasteiger partial charge in [0.15, 0.2) is 0 Å². The molecule has 2 atom stereocenters. The van der Waals surface area contributed by atoms with E-state index >= 15 is 0 Å². The molecule has 4 nitrogen and oxygen atoms in total. The van der Waals surface area contributed by atoms with Crippen LogP contribution in [0, 0.1) is 11.3 Å². The van der Waals surface area contributed by atoms with E-state index in [1.165, 1.54) is 0 Å². The van der Waals surface area contributed by atoms with Crippen LogP contribution in [0.2, 0.25) is 0 Å². The fourth-order valence-corrected chi connectivity index (χ4v) is 2.71. The second kappa shape index (κ2) is 5.05. The molecule has 0 spiro atoms. The Balaban J connectivity index is 3.10. The van der Waals surface area contributed by atoms with Gasteiger partial charge in [0.2, 0.25) is 5.91 Å². The maximum absolute atomic E-state index is 12.3. The summed E-state index contributed by atoms with van der Waals surface area (Å²) in [4.78, 5) is 16.2. The van der Waals surface area contributed by atoms with Crippen LogP contribution in [-0.4, -0.2) is 46.9 Å². The van der Waals surface area contributed by atoms with Gasteiger partial charge in [-0.3, -0.25) is 9.69 Å². The Kier molecular flexibility index (Phi) is 4.16. The predicted molar refractivity (Wildman–Crippen MR) is 67.3 cm³/mol. The molecule has 1 amide bonds. The molecule has 0 saturated carbocycles. The summed E-state index contributed by atoms with van der Waals surface area (Å²) in [6.45, 7) is 9.22. The molecule has 1 rings (SSSR count). The van der Waals surface area contributed by atoms with E-state index < -0.39 is 0 Å². The lowest BCUT2D eigenvalue weighted by atomic mass is 9.97. The molecular formula is C13H23N3O. The smallest absolute Gasteiger partial charge is 0.240 e. The van der Waals surface area contributed by atoms with Crippen molar-refractivity contribution in [2.24, 2.45) is 0 Å². The van der Waals surface area contributed by atoms with Crippen LogP contribution < -0.4 is 0 Å². The molecular weight excluding hydrogens is 214 g/mol. The lowest BCUT2D eigenvalue weighted by Gasteiger charge is -2.42. The van der Waals surface area contributed by atoms with E-state index in [0.29, 0.717) is 6.04 Å². The van der Waals surface area contributed by atoms with Gasteiger partial charge in [0.1, 0.15) is 6.04 Å². The highest BCUT2D eigenvalue weighted by Gasteiger charge is 2.40. The van der Waals surface area contributed by atoms with Crippen molar-refractivity contribution in [1.29, 1.82) is 5.26 Å². The van der Waals surface area contributed by atoms with Crippen LogP contribution in [-0.2, 0) is 4.79 Å². The van der Waals surface area contributed by atoms with Gasteiger partial charge in [0, 0.05) is 25.2 Å². The Morgan fingerprint density at radius 2 is 2.06 bits per heavy atom. The first-order chi connectivity index (χ1) is 7.79. The summed E-state index contributed by atoms with van der Waals surface area (Å²) in [7, 11) is 1.82. The summed E-state index contributed by atoms with van der Waals surface area (Å²) in [5.41, 5.74) is -0.0955. The number of carbonyl (C=O) groups excluding carboxylic acids is 1. The number of likely N-dealkylation sites (N-methyl/N-ethyl adjacent to an activating group) is 1. The minimum Gasteiger partial charge on any atom is -0.344 e. The topological polar surface area (TPSA) is 47.3 Å². The minimum absolute atomic E-state index is 0.0748. The molecule has 1 saturated heterocycles. The largest absolute Gasteiger partial charge is 0.344 e. The molecule has 0 aromatic carbocycles. The highest BCUT2D eigenvalue weighted by atomic mass is 16.2. The van der Waals surface area contributed by atoms with Gasteiger partial charge in [-0.25, -0.2) is 0 Å². The van der Waals surface area contributed by atoms with Crippen molar-refractivity contribution >= 4 is 5.91 Å². The van der Waals surface area contributed by atoms with E-state index in [1.807, 2.05) is 7.05 Å². The van der Waals surface area contributed by atoms with Crippen LogP contribution in [0.1, 0.15) is 40.5 Å². The van der Waals surface area contributed by atoms with E-state index in [0.717, 1.165) is 13.0 Å². The van der Waals surface area contributed by atoms with E-state index in [2.05, 4.69) is 38.7 Å². The second-order valence-corrected chi connectivity index (χ2v) is 5.85. The zero-order chi connectivity index (χ0) is 13.2. The maximum atomic E-state index is 12.3. The van der Waals surface area contributed by atoms with Gasteiger partial charge in [-0.15, -0.1) is 0 Å². The van der Waals surface area contributed by atoms with E-state index in [4.69, 9.17) is 5.26 Å². The SMILES string of the molecule is CC1CCN(C)C(=O)C(CC#N)N1C(C)(C)C. The average Bonchev–Trinajstić information content (AvgIpc) is 2.30. The molecule has 0 bridgehead atoms. The fourth-order valence-electron chi connectivity index (χ4n) is 2.71. The van der Waals surface area contributed by atoms with Gasteiger partial charge in [0.25, 0.3) is 0 Å². The van der Waals surface area contributed by atoms with Crippen molar-refractivity contribution in [3.8, 4) is 6.07 Å². The minimum atomic E-state index is -0.303. The molecule has 17 heavy (non-hydrogen) atoms. The molecule has 1 aliphatic rings. The number of nitrogens with zero attached hydrogens (tertiary/aromatic N) is 3. The number of rotatable bonds is 1.